The summed E-state index contributed by atoms with van der Waals surface area (Å²) >= 11 is 0. The molecule has 0 heterocycles. The van der Waals surface area contributed by atoms with Gasteiger partial charge in [-0.25, -0.2) is 8.42 Å². The quantitative estimate of drug-likeness (QED) is 0.626. The molecule has 0 aliphatic carbocycles. The van der Waals surface area contributed by atoms with E-state index < -0.39 is 33.3 Å². The van der Waals surface area contributed by atoms with E-state index in [-0.39, 0.29) is 13.0 Å². The summed E-state index contributed by atoms with van der Waals surface area (Å²) in [6.07, 6.45) is 0.650. The van der Waals surface area contributed by atoms with Gasteiger partial charge in [0.05, 0.1) is 25.9 Å². The lowest BCUT2D eigenvalue weighted by Crippen LogP contribution is -2.53. The molecule has 8 heteroatoms. The lowest BCUT2D eigenvalue weighted by Gasteiger charge is -2.27. The van der Waals surface area contributed by atoms with Crippen molar-refractivity contribution in [3.63, 3.8) is 0 Å². The largest absolute Gasteiger partial charge is 0.468 e. The molecule has 118 valence electrons. The fourth-order valence-corrected chi connectivity index (χ4v) is 3.17. The lowest BCUT2D eigenvalue weighted by atomic mass is 9.98. The highest BCUT2D eigenvalue weighted by molar-refractivity contribution is 7.89. The van der Waals surface area contributed by atoms with E-state index in [0.29, 0.717) is 12.8 Å². The zero-order valence-electron chi connectivity index (χ0n) is 12.4. The van der Waals surface area contributed by atoms with Crippen molar-refractivity contribution < 1.29 is 27.5 Å². The van der Waals surface area contributed by atoms with E-state index in [4.69, 9.17) is 0 Å². The first-order valence-corrected chi connectivity index (χ1v) is 8.11. The number of sulfonamides is 1. The van der Waals surface area contributed by atoms with Crippen LogP contribution < -0.4 is 4.72 Å². The maximum Gasteiger partial charge on any atom is 0.326 e. The van der Waals surface area contributed by atoms with Crippen LogP contribution >= 0.6 is 0 Å². The number of hydrogen-bond donors (Lipinski definition) is 1. The molecule has 1 unspecified atom stereocenters. The average Bonchev–Trinajstić information content (AvgIpc) is 2.35. The number of rotatable bonds is 9. The fraction of sp³-hybridized carbons (Fsp3) is 0.833. The highest BCUT2D eigenvalue weighted by Crippen LogP contribution is 2.16. The Morgan fingerprint density at radius 2 is 1.85 bits per heavy atom. The molecule has 0 aromatic carbocycles. The Balaban J connectivity index is 4.77. The molecule has 0 radical (unpaired) electrons. The first kappa shape index (κ1) is 18.9. The Labute approximate surface area is 120 Å². The van der Waals surface area contributed by atoms with Gasteiger partial charge in [0.2, 0.25) is 10.0 Å². The van der Waals surface area contributed by atoms with Crippen LogP contribution in [0.5, 0.6) is 0 Å². The van der Waals surface area contributed by atoms with Crippen molar-refractivity contribution in [3.8, 4) is 0 Å². The second-order valence-corrected chi connectivity index (χ2v) is 6.39. The Morgan fingerprint density at radius 3 is 2.30 bits per heavy atom. The minimum Gasteiger partial charge on any atom is -0.468 e. The molecule has 1 atom stereocenters. The third-order valence-corrected chi connectivity index (χ3v) is 4.15. The topological polar surface area (TPSA) is 98.8 Å². The molecule has 7 nitrogen and oxygen atoms in total. The first-order valence-electron chi connectivity index (χ1n) is 6.46. The van der Waals surface area contributed by atoms with Gasteiger partial charge in [0.15, 0.2) is 0 Å². The molecular formula is C12H23NO6S. The van der Waals surface area contributed by atoms with Crippen LogP contribution in [0.2, 0.25) is 0 Å². The van der Waals surface area contributed by atoms with E-state index >= 15 is 0 Å². The average molecular weight is 309 g/mol. The van der Waals surface area contributed by atoms with Gasteiger partial charge < -0.3 is 9.47 Å². The van der Waals surface area contributed by atoms with E-state index in [2.05, 4.69) is 14.2 Å². The monoisotopic (exact) mass is 309 g/mol. The molecule has 0 saturated carbocycles. The summed E-state index contributed by atoms with van der Waals surface area (Å²) in [7, 11) is -2.58. The molecule has 20 heavy (non-hydrogen) atoms. The highest BCUT2D eigenvalue weighted by atomic mass is 32.2. The standard InChI is InChI=1S/C12H23NO6S/c1-5-8-12(3,11(15)18-4)13-20(16,17)9-7-10(14)19-6-2/h13H,5-9H2,1-4H3. The maximum atomic E-state index is 11.9. The van der Waals surface area contributed by atoms with E-state index in [1.807, 2.05) is 6.92 Å². The van der Waals surface area contributed by atoms with Crippen LogP contribution in [0.1, 0.15) is 40.0 Å². The maximum absolute atomic E-state index is 11.9. The van der Waals surface area contributed by atoms with Gasteiger partial charge in [0, 0.05) is 0 Å². The van der Waals surface area contributed by atoms with Crippen LogP contribution in [0.15, 0.2) is 0 Å². The smallest absolute Gasteiger partial charge is 0.326 e. The van der Waals surface area contributed by atoms with Crippen molar-refractivity contribution in [3.05, 3.63) is 0 Å². The summed E-state index contributed by atoms with van der Waals surface area (Å²) < 4.78 is 35.4. The summed E-state index contributed by atoms with van der Waals surface area (Å²) in [4.78, 5) is 22.9. The minimum atomic E-state index is -3.78. The van der Waals surface area contributed by atoms with E-state index in [1.54, 1.807) is 6.92 Å². The zero-order valence-corrected chi connectivity index (χ0v) is 13.2. The summed E-state index contributed by atoms with van der Waals surface area (Å²) in [6.45, 7) is 5.13. The van der Waals surface area contributed by atoms with Crippen molar-refractivity contribution in [2.24, 2.45) is 0 Å². The number of nitrogens with one attached hydrogen (secondary N) is 1. The summed E-state index contributed by atoms with van der Waals surface area (Å²) in [5.74, 6) is -1.67. The number of ether oxygens (including phenoxy) is 2. The molecule has 0 rings (SSSR count). The normalized spacial score (nSPS) is 14.4. The Hall–Kier alpha value is -1.15. The second kappa shape index (κ2) is 8.21. The molecule has 0 aliphatic heterocycles. The molecule has 0 spiro atoms. The Kier molecular flexibility index (Phi) is 7.74. The van der Waals surface area contributed by atoms with Crippen molar-refractivity contribution >= 4 is 22.0 Å². The Morgan fingerprint density at radius 1 is 1.25 bits per heavy atom. The molecule has 0 aromatic rings. The number of methoxy groups -OCH3 is 1. The van der Waals surface area contributed by atoms with Crippen LogP contribution in [0.4, 0.5) is 0 Å². The fourth-order valence-electron chi connectivity index (χ4n) is 1.77. The number of esters is 2. The van der Waals surface area contributed by atoms with Crippen LogP contribution in [-0.4, -0.2) is 45.4 Å². The second-order valence-electron chi connectivity index (χ2n) is 4.55. The van der Waals surface area contributed by atoms with Gasteiger partial charge in [-0.3, -0.25) is 9.59 Å². The molecule has 1 N–H and O–H groups in total. The predicted octanol–water partition coefficient (Wildman–Crippen LogP) is 0.591. The summed E-state index contributed by atoms with van der Waals surface area (Å²) in [5.41, 5.74) is -1.32. The lowest BCUT2D eigenvalue weighted by molar-refractivity contribution is -0.147. The number of hydrogen-bond acceptors (Lipinski definition) is 6. The van der Waals surface area contributed by atoms with E-state index in [0.717, 1.165) is 0 Å². The van der Waals surface area contributed by atoms with Crippen LogP contribution in [0, 0.1) is 0 Å². The van der Waals surface area contributed by atoms with Gasteiger partial charge in [-0.2, -0.15) is 4.72 Å². The zero-order chi connectivity index (χ0) is 15.8. The van der Waals surface area contributed by atoms with Gasteiger partial charge in [-0.1, -0.05) is 13.3 Å². The third-order valence-electron chi connectivity index (χ3n) is 2.65. The van der Waals surface area contributed by atoms with Crippen molar-refractivity contribution in [2.75, 3.05) is 19.5 Å². The summed E-state index contributed by atoms with van der Waals surface area (Å²) in [5, 5.41) is 0. The molecular weight excluding hydrogens is 286 g/mol. The SMILES string of the molecule is CCCC(C)(NS(=O)(=O)CCC(=O)OCC)C(=O)OC. The molecule has 0 aromatic heterocycles. The summed E-state index contributed by atoms with van der Waals surface area (Å²) in [6, 6.07) is 0. The molecule has 0 amide bonds. The van der Waals surface area contributed by atoms with E-state index in [1.165, 1.54) is 14.0 Å². The van der Waals surface area contributed by atoms with Crippen molar-refractivity contribution in [1.82, 2.24) is 4.72 Å². The van der Waals surface area contributed by atoms with Crippen LogP contribution in [-0.2, 0) is 29.1 Å². The number of carbonyl (C=O) groups is 2. The van der Waals surface area contributed by atoms with Gasteiger partial charge in [-0.15, -0.1) is 0 Å². The molecule has 0 bridgehead atoms. The molecule has 0 saturated heterocycles. The number of carbonyl (C=O) groups excluding carboxylic acids is 2. The van der Waals surface area contributed by atoms with E-state index in [9.17, 15) is 18.0 Å². The van der Waals surface area contributed by atoms with Gasteiger partial charge in [0.25, 0.3) is 0 Å². The van der Waals surface area contributed by atoms with Crippen molar-refractivity contribution in [1.29, 1.82) is 0 Å². The third kappa shape index (κ3) is 6.33. The highest BCUT2D eigenvalue weighted by Gasteiger charge is 2.37. The van der Waals surface area contributed by atoms with Crippen LogP contribution in [0.25, 0.3) is 0 Å². The first-order chi connectivity index (χ1) is 9.20. The van der Waals surface area contributed by atoms with Gasteiger partial charge in [-0.05, 0) is 20.3 Å². The van der Waals surface area contributed by atoms with Gasteiger partial charge in [0.1, 0.15) is 5.54 Å². The molecule has 0 fully saturated rings. The predicted molar refractivity (Wildman–Crippen MR) is 73.5 cm³/mol. The minimum absolute atomic E-state index is 0.196. The molecule has 0 aliphatic rings. The Bertz CT molecular complexity index is 433. The van der Waals surface area contributed by atoms with Crippen molar-refractivity contribution in [2.45, 2.75) is 45.6 Å². The van der Waals surface area contributed by atoms with Crippen LogP contribution in [0.3, 0.4) is 0 Å². The van der Waals surface area contributed by atoms with Gasteiger partial charge >= 0.3 is 11.9 Å².